The van der Waals surface area contributed by atoms with Crippen LogP contribution in [0.5, 0.6) is 0 Å². The van der Waals surface area contributed by atoms with E-state index in [2.05, 4.69) is 30.5 Å². The molecule has 3 N–H and O–H groups in total. The van der Waals surface area contributed by atoms with E-state index in [1.165, 1.54) is 12.4 Å². The maximum Gasteiger partial charge on any atom is 0.330 e. The number of anilines is 3. The minimum Gasteiger partial charge on any atom is -0.462 e. The number of hydrogen-bond donors (Lipinski definition) is 3. The zero-order valence-electron chi connectivity index (χ0n) is 20.3. The number of hydrogen-bond acceptors (Lipinski definition) is 8. The number of amides is 1. The van der Waals surface area contributed by atoms with E-state index in [0.29, 0.717) is 18.1 Å². The lowest BCUT2D eigenvalue weighted by Crippen LogP contribution is -2.37. The van der Waals surface area contributed by atoms with Gasteiger partial charge in [-0.25, -0.2) is 14.8 Å². The van der Waals surface area contributed by atoms with E-state index in [1.54, 1.807) is 18.2 Å². The van der Waals surface area contributed by atoms with Gasteiger partial charge in [-0.3, -0.25) is 9.69 Å². The number of ether oxygens (including phenoxy) is 2. The molecule has 4 aromatic rings. The quantitative estimate of drug-likeness (QED) is 0.181. The van der Waals surface area contributed by atoms with Gasteiger partial charge in [0.15, 0.2) is 0 Å². The Morgan fingerprint density at radius 2 is 1.97 bits per heavy atom. The Labute approximate surface area is 213 Å². The summed E-state index contributed by atoms with van der Waals surface area (Å²) in [6, 6.07) is 13.3. The number of benzene rings is 2. The highest BCUT2D eigenvalue weighted by Crippen LogP contribution is 2.29. The van der Waals surface area contributed by atoms with Crippen LogP contribution < -0.4 is 10.6 Å². The van der Waals surface area contributed by atoms with Gasteiger partial charge in [0.2, 0.25) is 5.91 Å². The SMILES string of the molecule is O=C(C=CC(=O)OCCCN1CCOCC1)Nc1ccc2ncnc(Nc3cccc4[nH]ccc34)c2c1. The molecule has 0 unspecified atom stereocenters. The smallest absolute Gasteiger partial charge is 0.330 e. The summed E-state index contributed by atoms with van der Waals surface area (Å²) >= 11 is 0. The van der Waals surface area contributed by atoms with Crippen LogP contribution in [0.15, 0.2) is 67.1 Å². The Morgan fingerprint density at radius 3 is 2.86 bits per heavy atom. The zero-order valence-corrected chi connectivity index (χ0v) is 20.3. The normalized spacial score (nSPS) is 14.3. The van der Waals surface area contributed by atoms with Crippen molar-refractivity contribution in [3.8, 4) is 0 Å². The second kappa shape index (κ2) is 11.6. The van der Waals surface area contributed by atoms with E-state index in [4.69, 9.17) is 9.47 Å². The molecular weight excluding hydrogens is 472 g/mol. The molecule has 1 amide bonds. The molecule has 190 valence electrons. The van der Waals surface area contributed by atoms with Crippen molar-refractivity contribution in [1.82, 2.24) is 19.9 Å². The summed E-state index contributed by atoms with van der Waals surface area (Å²) in [4.78, 5) is 38.6. The number of H-pyrrole nitrogens is 1. The summed E-state index contributed by atoms with van der Waals surface area (Å²) in [5, 5.41) is 7.94. The van der Waals surface area contributed by atoms with E-state index >= 15 is 0 Å². The highest BCUT2D eigenvalue weighted by molar-refractivity contribution is 6.04. The summed E-state index contributed by atoms with van der Waals surface area (Å²) in [7, 11) is 0. The van der Waals surface area contributed by atoms with Crippen molar-refractivity contribution >= 4 is 50.9 Å². The first-order chi connectivity index (χ1) is 18.2. The average Bonchev–Trinajstić information content (AvgIpc) is 3.41. The number of fused-ring (bicyclic) bond motifs is 2. The molecule has 0 atom stereocenters. The second-order valence-corrected chi connectivity index (χ2v) is 8.62. The number of morpholine rings is 1. The van der Waals surface area contributed by atoms with Gasteiger partial charge in [-0.2, -0.15) is 0 Å². The van der Waals surface area contributed by atoms with Gasteiger partial charge >= 0.3 is 5.97 Å². The third-order valence-corrected chi connectivity index (χ3v) is 6.09. The lowest BCUT2D eigenvalue weighted by Gasteiger charge is -2.26. The van der Waals surface area contributed by atoms with Gasteiger partial charge in [0.05, 0.1) is 25.3 Å². The third-order valence-electron chi connectivity index (χ3n) is 6.09. The van der Waals surface area contributed by atoms with Crippen LogP contribution in [-0.4, -0.2) is 71.2 Å². The molecule has 37 heavy (non-hydrogen) atoms. The molecule has 0 radical (unpaired) electrons. The van der Waals surface area contributed by atoms with Gasteiger partial charge in [0.1, 0.15) is 12.1 Å². The van der Waals surface area contributed by atoms with Gasteiger partial charge < -0.3 is 25.1 Å². The summed E-state index contributed by atoms with van der Waals surface area (Å²) in [6.45, 7) is 4.43. The van der Waals surface area contributed by atoms with Crippen molar-refractivity contribution in [1.29, 1.82) is 0 Å². The fourth-order valence-corrected chi connectivity index (χ4v) is 4.22. The molecule has 2 aromatic carbocycles. The highest BCUT2D eigenvalue weighted by Gasteiger charge is 2.11. The van der Waals surface area contributed by atoms with Gasteiger partial charge in [0.25, 0.3) is 0 Å². The lowest BCUT2D eigenvalue weighted by molar-refractivity contribution is -0.138. The molecule has 10 heteroatoms. The molecule has 1 saturated heterocycles. The lowest BCUT2D eigenvalue weighted by atomic mass is 10.2. The number of aromatic amines is 1. The number of nitrogens with zero attached hydrogens (tertiary/aromatic N) is 3. The van der Waals surface area contributed by atoms with E-state index in [-0.39, 0.29) is 0 Å². The van der Waals surface area contributed by atoms with Crippen molar-refractivity contribution in [2.24, 2.45) is 0 Å². The first-order valence-electron chi connectivity index (χ1n) is 12.2. The first-order valence-corrected chi connectivity index (χ1v) is 12.2. The maximum absolute atomic E-state index is 12.4. The largest absolute Gasteiger partial charge is 0.462 e. The van der Waals surface area contributed by atoms with Crippen LogP contribution >= 0.6 is 0 Å². The predicted octanol–water partition coefficient (Wildman–Crippen LogP) is 3.61. The molecule has 1 aliphatic heterocycles. The van der Waals surface area contributed by atoms with Gasteiger partial charge in [-0.05, 0) is 42.8 Å². The number of aromatic nitrogens is 3. The molecule has 2 aromatic heterocycles. The molecule has 0 bridgehead atoms. The number of esters is 1. The van der Waals surface area contributed by atoms with Crippen LogP contribution in [0, 0.1) is 0 Å². The molecule has 1 aliphatic rings. The van der Waals surface area contributed by atoms with Crippen LogP contribution in [-0.2, 0) is 19.1 Å². The molecule has 1 fully saturated rings. The highest BCUT2D eigenvalue weighted by atomic mass is 16.5. The third kappa shape index (κ3) is 6.29. The Morgan fingerprint density at radius 1 is 1.08 bits per heavy atom. The standard InChI is InChI=1S/C27H28N6O4/c34-25(7-8-26(35)37-14-2-11-33-12-15-36-16-13-33)31-19-5-6-23-21(17-19)27(30-18-29-23)32-24-4-1-3-22-20(24)9-10-28-22/h1,3-10,17-18,28H,2,11-16H2,(H,31,34)(H,29,30,32). The molecule has 0 aliphatic carbocycles. The zero-order chi connectivity index (χ0) is 25.5. The van der Waals surface area contributed by atoms with Crippen LogP contribution in [0.1, 0.15) is 6.42 Å². The Balaban J connectivity index is 1.18. The van der Waals surface area contributed by atoms with E-state index in [9.17, 15) is 9.59 Å². The van der Waals surface area contributed by atoms with Gasteiger partial charge in [-0.1, -0.05) is 6.07 Å². The molecule has 0 spiro atoms. The molecule has 10 nitrogen and oxygen atoms in total. The van der Waals surface area contributed by atoms with E-state index in [0.717, 1.165) is 72.8 Å². The summed E-state index contributed by atoms with van der Waals surface area (Å²) in [6.07, 6.45) is 6.42. The van der Waals surface area contributed by atoms with Crippen LogP contribution in [0.25, 0.3) is 21.8 Å². The van der Waals surface area contributed by atoms with Crippen LogP contribution in [0.2, 0.25) is 0 Å². The monoisotopic (exact) mass is 500 g/mol. The summed E-state index contributed by atoms with van der Waals surface area (Å²) in [5.41, 5.74) is 3.20. The molecule has 0 saturated carbocycles. The minimum absolute atomic E-state index is 0.305. The second-order valence-electron chi connectivity index (χ2n) is 8.62. The minimum atomic E-state index is -0.547. The van der Waals surface area contributed by atoms with Crippen molar-refractivity contribution in [2.75, 3.05) is 50.1 Å². The van der Waals surface area contributed by atoms with Gasteiger partial charge in [-0.15, -0.1) is 0 Å². The maximum atomic E-state index is 12.4. The number of rotatable bonds is 9. The predicted molar refractivity (Wildman–Crippen MR) is 142 cm³/mol. The van der Waals surface area contributed by atoms with E-state index in [1.807, 2.05) is 30.5 Å². The van der Waals surface area contributed by atoms with Gasteiger partial charge in [0, 0.05) is 65.6 Å². The van der Waals surface area contributed by atoms with Crippen molar-refractivity contribution in [3.63, 3.8) is 0 Å². The van der Waals surface area contributed by atoms with Crippen molar-refractivity contribution < 1.29 is 19.1 Å². The summed E-state index contributed by atoms with van der Waals surface area (Å²) in [5.74, 6) is -0.367. The van der Waals surface area contributed by atoms with Crippen LogP contribution in [0.4, 0.5) is 17.2 Å². The van der Waals surface area contributed by atoms with E-state index < -0.39 is 11.9 Å². The Bertz CT molecular complexity index is 1430. The molecular formula is C27H28N6O4. The topological polar surface area (TPSA) is 121 Å². The van der Waals surface area contributed by atoms with Crippen molar-refractivity contribution in [3.05, 3.63) is 67.1 Å². The average molecular weight is 501 g/mol. The number of carbonyl (C=O) groups is 2. The van der Waals surface area contributed by atoms with Crippen molar-refractivity contribution in [2.45, 2.75) is 6.42 Å². The van der Waals surface area contributed by atoms with Crippen LogP contribution in [0.3, 0.4) is 0 Å². The summed E-state index contributed by atoms with van der Waals surface area (Å²) < 4.78 is 10.5. The molecule has 3 heterocycles. The fraction of sp³-hybridized carbons (Fsp3) is 0.259. The number of carbonyl (C=O) groups excluding carboxylic acids is 2. The Kier molecular flexibility index (Phi) is 7.68. The number of nitrogens with one attached hydrogen (secondary N) is 3. The molecule has 5 rings (SSSR count). The Hall–Kier alpha value is -4.28. The first kappa shape index (κ1) is 24.4. The fourth-order valence-electron chi connectivity index (χ4n) is 4.22.